The summed E-state index contributed by atoms with van der Waals surface area (Å²) in [5.41, 5.74) is 0. The topological polar surface area (TPSA) is 35.0 Å². The van der Waals surface area contributed by atoms with Crippen molar-refractivity contribution in [1.82, 2.24) is 6.15 Å². The van der Waals surface area contributed by atoms with Gasteiger partial charge >= 0.3 is 169 Å². The van der Waals surface area contributed by atoms with E-state index in [1.807, 2.05) is 0 Å². The fourth-order valence-electron chi connectivity index (χ4n) is 4.37. The Morgan fingerprint density at radius 1 is 0.393 bits per heavy atom. The summed E-state index contributed by atoms with van der Waals surface area (Å²) in [7, 11) is -0.955. The van der Waals surface area contributed by atoms with E-state index in [0.717, 1.165) is 0 Å². The van der Waals surface area contributed by atoms with Crippen LogP contribution in [0.5, 0.6) is 0 Å². The molecule has 0 amide bonds. The molecule has 0 rings (SSSR count). The summed E-state index contributed by atoms with van der Waals surface area (Å²) in [5.74, 6) is 0. The van der Waals surface area contributed by atoms with Gasteiger partial charge in [-0.15, -0.1) is 17.0 Å². The molecular weight excluding hydrogens is 425 g/mol. The average molecular weight is 485 g/mol. The number of halogens is 1. The first kappa shape index (κ1) is 33.5. The van der Waals surface area contributed by atoms with Crippen LogP contribution in [-0.2, 0) is 0 Å². The molecule has 0 heterocycles. The van der Waals surface area contributed by atoms with Gasteiger partial charge in [0.05, 0.1) is 0 Å². The van der Waals surface area contributed by atoms with E-state index in [4.69, 9.17) is 0 Å². The first-order valence-corrected chi connectivity index (χ1v) is 15.8. The third kappa shape index (κ3) is 23.2. The summed E-state index contributed by atoms with van der Waals surface area (Å²) in [6.45, 7) is 9.73. The Kier molecular flexibility index (Phi) is 31.0. The van der Waals surface area contributed by atoms with Gasteiger partial charge in [0.2, 0.25) is 0 Å². The van der Waals surface area contributed by atoms with Gasteiger partial charge in [0.15, 0.2) is 0 Å². The van der Waals surface area contributed by atoms with Crippen LogP contribution >= 0.6 is 24.2 Å². The van der Waals surface area contributed by atoms with Crippen molar-refractivity contribution < 1.29 is 0 Å². The largest absolute Gasteiger partial charge is 0.344 e. The van der Waals surface area contributed by atoms with E-state index >= 15 is 0 Å². The Balaban J connectivity index is -0.00000312. The fourth-order valence-corrected chi connectivity index (χ4v) is 8.43. The van der Waals surface area contributed by atoms with Crippen LogP contribution in [0.15, 0.2) is 0 Å². The van der Waals surface area contributed by atoms with Crippen LogP contribution < -0.4 is 6.15 Å². The quantitative estimate of drug-likeness (QED) is 0.128. The third-order valence-corrected chi connectivity index (χ3v) is 11.1. The molecular formula is C25H59BrNP. The standard InChI is InChI=1S/C25H55P.BrH.H3N/c1-5-8-11-14-17-20-23-26(4,24-21-18-15-12-9-6-2)25-22-19-16-13-10-7-3;;/h26H,5-25H2,1-4H3;1H;1H3. The van der Waals surface area contributed by atoms with Gasteiger partial charge in [-0.1, -0.05) is 0 Å². The van der Waals surface area contributed by atoms with Crippen LogP contribution in [0.1, 0.15) is 136 Å². The summed E-state index contributed by atoms with van der Waals surface area (Å²) < 4.78 is 0. The van der Waals surface area contributed by atoms with E-state index in [0.29, 0.717) is 0 Å². The maximum Gasteiger partial charge on any atom is -0.344 e. The van der Waals surface area contributed by atoms with Crippen molar-refractivity contribution in [3.05, 3.63) is 0 Å². The van der Waals surface area contributed by atoms with Crippen LogP contribution in [0.2, 0.25) is 0 Å². The molecule has 0 aliphatic carbocycles. The minimum atomic E-state index is -0.955. The van der Waals surface area contributed by atoms with Crippen molar-refractivity contribution in [3.8, 4) is 0 Å². The first-order valence-electron chi connectivity index (χ1n) is 12.7. The monoisotopic (exact) mass is 483 g/mol. The van der Waals surface area contributed by atoms with E-state index in [2.05, 4.69) is 27.4 Å². The molecule has 0 aliphatic rings. The second-order valence-corrected chi connectivity index (χ2v) is 14.5. The van der Waals surface area contributed by atoms with Crippen LogP contribution in [0.3, 0.4) is 0 Å². The van der Waals surface area contributed by atoms with E-state index in [-0.39, 0.29) is 23.1 Å². The molecule has 0 aliphatic heterocycles. The minimum absolute atomic E-state index is 0. The summed E-state index contributed by atoms with van der Waals surface area (Å²) >= 11 is 0. The maximum atomic E-state index is 2.76. The number of hydrogen-bond acceptors (Lipinski definition) is 1. The summed E-state index contributed by atoms with van der Waals surface area (Å²) in [4.78, 5) is 0. The van der Waals surface area contributed by atoms with Crippen molar-refractivity contribution in [2.75, 3.05) is 25.2 Å². The van der Waals surface area contributed by atoms with Crippen LogP contribution in [0.25, 0.3) is 0 Å². The second-order valence-electron chi connectivity index (χ2n) is 9.36. The van der Waals surface area contributed by atoms with Crippen molar-refractivity contribution >= 4 is 24.2 Å². The summed E-state index contributed by atoms with van der Waals surface area (Å²) in [6, 6.07) is 0. The van der Waals surface area contributed by atoms with Crippen molar-refractivity contribution in [3.63, 3.8) is 0 Å². The SMILES string of the molecule is Br.CCCCCCCC[PH](C)(CCCCCCCC)CCCCCCCC.N. The van der Waals surface area contributed by atoms with Gasteiger partial charge < -0.3 is 6.15 Å². The van der Waals surface area contributed by atoms with Gasteiger partial charge in [0.1, 0.15) is 0 Å². The van der Waals surface area contributed by atoms with Crippen LogP contribution in [0, 0.1) is 0 Å². The molecule has 3 heteroatoms. The summed E-state index contributed by atoms with van der Waals surface area (Å²) in [6.07, 6.45) is 31.4. The van der Waals surface area contributed by atoms with Gasteiger partial charge in [0, 0.05) is 0 Å². The van der Waals surface area contributed by atoms with E-state index < -0.39 is 7.26 Å². The first-order chi connectivity index (χ1) is 12.7. The number of unbranched alkanes of at least 4 members (excludes halogenated alkanes) is 15. The molecule has 0 aromatic carbocycles. The molecule has 0 radical (unpaired) electrons. The molecule has 0 unspecified atom stereocenters. The Bertz CT molecular complexity index is 232. The summed E-state index contributed by atoms with van der Waals surface area (Å²) in [5, 5.41) is 0. The molecule has 0 spiro atoms. The third-order valence-electron chi connectivity index (χ3n) is 6.40. The molecule has 0 bridgehead atoms. The van der Waals surface area contributed by atoms with Crippen LogP contribution in [-0.4, -0.2) is 25.2 Å². The van der Waals surface area contributed by atoms with Gasteiger partial charge in [-0.05, 0) is 0 Å². The molecule has 176 valence electrons. The molecule has 0 fully saturated rings. The number of rotatable bonds is 21. The molecule has 0 saturated heterocycles. The van der Waals surface area contributed by atoms with Crippen molar-refractivity contribution in [1.29, 1.82) is 0 Å². The molecule has 0 aromatic heterocycles. The van der Waals surface area contributed by atoms with Gasteiger partial charge in [-0.3, -0.25) is 0 Å². The molecule has 3 N–H and O–H groups in total. The average Bonchev–Trinajstić information content (AvgIpc) is 2.64. The van der Waals surface area contributed by atoms with Gasteiger partial charge in [-0.2, -0.15) is 0 Å². The predicted molar refractivity (Wildman–Crippen MR) is 144 cm³/mol. The molecule has 0 aromatic rings. The van der Waals surface area contributed by atoms with E-state index in [1.54, 1.807) is 18.5 Å². The van der Waals surface area contributed by atoms with Crippen molar-refractivity contribution in [2.45, 2.75) is 136 Å². The van der Waals surface area contributed by atoms with Crippen LogP contribution in [0.4, 0.5) is 0 Å². The zero-order valence-corrected chi connectivity index (χ0v) is 23.2. The predicted octanol–water partition coefficient (Wildman–Crippen LogP) is 10.2. The number of hydrogen-bond donors (Lipinski definition) is 1. The Morgan fingerprint density at radius 3 is 0.857 bits per heavy atom. The minimum Gasteiger partial charge on any atom is -0.344 e. The zero-order chi connectivity index (χ0) is 19.3. The fraction of sp³-hybridized carbons (Fsp3) is 1.00. The molecule has 0 atom stereocenters. The molecule has 1 nitrogen and oxygen atoms in total. The zero-order valence-electron chi connectivity index (χ0n) is 20.5. The van der Waals surface area contributed by atoms with E-state index in [1.165, 1.54) is 116 Å². The Morgan fingerprint density at radius 2 is 0.607 bits per heavy atom. The van der Waals surface area contributed by atoms with Crippen molar-refractivity contribution in [2.24, 2.45) is 0 Å². The Labute approximate surface area is 191 Å². The second kappa shape index (κ2) is 25.9. The Hall–Kier alpha value is 0.870. The molecule has 28 heavy (non-hydrogen) atoms. The molecule has 0 saturated carbocycles. The maximum absolute atomic E-state index is 2.76. The van der Waals surface area contributed by atoms with Gasteiger partial charge in [-0.25, -0.2) is 0 Å². The van der Waals surface area contributed by atoms with Gasteiger partial charge in [0.25, 0.3) is 0 Å². The normalized spacial score (nSPS) is 11.7. The smallest absolute Gasteiger partial charge is 0.344 e. The van der Waals surface area contributed by atoms with E-state index in [9.17, 15) is 0 Å².